The second-order valence-corrected chi connectivity index (χ2v) is 5.24. The molecule has 0 bridgehead atoms. The Morgan fingerprint density at radius 1 is 1.26 bits per heavy atom. The summed E-state index contributed by atoms with van der Waals surface area (Å²) >= 11 is 9.44. The molecule has 0 spiro atoms. The van der Waals surface area contributed by atoms with Crippen LogP contribution < -0.4 is 5.32 Å². The first-order valence-electron chi connectivity index (χ1n) is 5.82. The first-order valence-corrected chi connectivity index (χ1v) is 7.32. The van der Waals surface area contributed by atoms with Crippen LogP contribution in [-0.2, 0) is 5.33 Å². The molecule has 0 unspecified atom stereocenters. The molecule has 0 aromatic heterocycles. The molecule has 1 N–H and O–H groups in total. The topological polar surface area (TPSA) is 29.1 Å². The van der Waals surface area contributed by atoms with Crippen molar-refractivity contribution in [3.8, 4) is 0 Å². The van der Waals surface area contributed by atoms with Gasteiger partial charge in [0.1, 0.15) is 0 Å². The van der Waals surface area contributed by atoms with Crippen LogP contribution >= 0.6 is 27.5 Å². The summed E-state index contributed by atoms with van der Waals surface area (Å²) in [4.78, 5) is 12.2. The van der Waals surface area contributed by atoms with Gasteiger partial charge in [-0.05, 0) is 42.3 Å². The van der Waals surface area contributed by atoms with Crippen molar-refractivity contribution in [1.82, 2.24) is 0 Å². The lowest BCUT2D eigenvalue weighted by Gasteiger charge is -2.08. The van der Waals surface area contributed by atoms with E-state index in [4.69, 9.17) is 11.6 Å². The van der Waals surface area contributed by atoms with E-state index in [-0.39, 0.29) is 5.91 Å². The van der Waals surface area contributed by atoms with Crippen molar-refractivity contribution in [2.24, 2.45) is 0 Å². The van der Waals surface area contributed by atoms with Crippen molar-refractivity contribution in [3.05, 3.63) is 64.2 Å². The van der Waals surface area contributed by atoms with E-state index in [9.17, 15) is 4.79 Å². The minimum atomic E-state index is -0.157. The third-order valence-electron chi connectivity index (χ3n) is 2.71. The Morgan fingerprint density at radius 2 is 2.05 bits per heavy atom. The van der Waals surface area contributed by atoms with Gasteiger partial charge in [-0.2, -0.15) is 0 Å². The number of rotatable bonds is 3. The van der Waals surface area contributed by atoms with E-state index in [1.165, 1.54) is 0 Å². The summed E-state index contributed by atoms with van der Waals surface area (Å²) in [6.07, 6.45) is 0. The zero-order chi connectivity index (χ0) is 13.8. The standard InChI is InChI=1S/C15H13BrClNO/c1-10-5-6-13(17)14(7-10)18-15(19)12-4-2-3-11(8-12)9-16/h2-8H,9H2,1H3,(H,18,19). The van der Waals surface area contributed by atoms with Crippen molar-refractivity contribution in [3.63, 3.8) is 0 Å². The molecule has 0 fully saturated rings. The number of nitrogens with one attached hydrogen (secondary N) is 1. The van der Waals surface area contributed by atoms with Gasteiger partial charge in [-0.3, -0.25) is 4.79 Å². The summed E-state index contributed by atoms with van der Waals surface area (Å²) in [5, 5.41) is 4.09. The third kappa shape index (κ3) is 3.58. The second kappa shape index (κ2) is 6.22. The van der Waals surface area contributed by atoms with Crippen LogP contribution in [-0.4, -0.2) is 5.91 Å². The van der Waals surface area contributed by atoms with Crippen LogP contribution in [0.25, 0.3) is 0 Å². The Kier molecular flexibility index (Phi) is 4.61. The van der Waals surface area contributed by atoms with Gasteiger partial charge in [0.2, 0.25) is 0 Å². The van der Waals surface area contributed by atoms with Gasteiger partial charge >= 0.3 is 0 Å². The number of amides is 1. The smallest absolute Gasteiger partial charge is 0.255 e. The quantitative estimate of drug-likeness (QED) is 0.801. The number of anilines is 1. The van der Waals surface area contributed by atoms with Crippen LogP contribution in [0.3, 0.4) is 0 Å². The maximum atomic E-state index is 12.2. The number of carbonyl (C=O) groups excluding carboxylic acids is 1. The Bertz CT molecular complexity index is 613. The fourth-order valence-electron chi connectivity index (χ4n) is 1.73. The van der Waals surface area contributed by atoms with Crippen LogP contribution in [0.5, 0.6) is 0 Å². The summed E-state index contributed by atoms with van der Waals surface area (Å²) in [5.41, 5.74) is 3.36. The van der Waals surface area contributed by atoms with Crippen molar-refractivity contribution >= 4 is 39.1 Å². The van der Waals surface area contributed by atoms with Crippen molar-refractivity contribution in [2.45, 2.75) is 12.3 Å². The van der Waals surface area contributed by atoms with Gasteiger partial charge in [-0.1, -0.05) is 45.7 Å². The number of benzene rings is 2. The molecule has 0 aliphatic carbocycles. The average molecular weight is 339 g/mol. The molecule has 2 nitrogen and oxygen atoms in total. The lowest BCUT2D eigenvalue weighted by atomic mass is 10.1. The maximum Gasteiger partial charge on any atom is 0.255 e. The van der Waals surface area contributed by atoms with Crippen molar-refractivity contribution < 1.29 is 4.79 Å². The van der Waals surface area contributed by atoms with Crippen LogP contribution in [0.4, 0.5) is 5.69 Å². The van der Waals surface area contributed by atoms with E-state index in [1.54, 1.807) is 12.1 Å². The Balaban J connectivity index is 2.22. The number of halogens is 2. The van der Waals surface area contributed by atoms with Gasteiger partial charge in [0.15, 0.2) is 0 Å². The van der Waals surface area contributed by atoms with E-state index in [1.807, 2.05) is 37.3 Å². The lowest BCUT2D eigenvalue weighted by Crippen LogP contribution is -2.12. The highest BCUT2D eigenvalue weighted by Crippen LogP contribution is 2.23. The van der Waals surface area contributed by atoms with Gasteiger partial charge in [-0.25, -0.2) is 0 Å². The molecule has 2 aromatic carbocycles. The van der Waals surface area contributed by atoms with E-state index < -0.39 is 0 Å². The first-order chi connectivity index (χ1) is 9.10. The van der Waals surface area contributed by atoms with E-state index in [2.05, 4.69) is 21.2 Å². The number of carbonyl (C=O) groups is 1. The van der Waals surface area contributed by atoms with Gasteiger partial charge < -0.3 is 5.32 Å². The SMILES string of the molecule is Cc1ccc(Cl)c(NC(=O)c2cccc(CBr)c2)c1. The highest BCUT2D eigenvalue weighted by molar-refractivity contribution is 9.08. The number of aryl methyl sites for hydroxylation is 1. The Labute approximate surface area is 125 Å². The van der Waals surface area contributed by atoms with E-state index in [0.29, 0.717) is 16.3 Å². The molecule has 0 saturated carbocycles. The highest BCUT2D eigenvalue weighted by Gasteiger charge is 2.09. The van der Waals surface area contributed by atoms with Crippen molar-refractivity contribution in [1.29, 1.82) is 0 Å². The van der Waals surface area contributed by atoms with Crippen molar-refractivity contribution in [2.75, 3.05) is 5.32 Å². The molecule has 4 heteroatoms. The molecule has 0 radical (unpaired) electrons. The molecule has 98 valence electrons. The summed E-state index contributed by atoms with van der Waals surface area (Å²) in [5.74, 6) is -0.157. The van der Waals surface area contributed by atoms with Crippen LogP contribution in [0.15, 0.2) is 42.5 Å². The highest BCUT2D eigenvalue weighted by atomic mass is 79.9. The first kappa shape index (κ1) is 14.1. The van der Waals surface area contributed by atoms with Crippen LogP contribution in [0, 0.1) is 6.92 Å². The Morgan fingerprint density at radius 3 is 2.79 bits per heavy atom. The molecule has 0 aliphatic rings. The fourth-order valence-corrected chi connectivity index (χ4v) is 2.24. The Hall–Kier alpha value is -1.32. The number of hydrogen-bond acceptors (Lipinski definition) is 1. The molecule has 0 atom stereocenters. The fraction of sp³-hybridized carbons (Fsp3) is 0.133. The summed E-state index contributed by atoms with van der Waals surface area (Å²) < 4.78 is 0. The molecule has 2 rings (SSSR count). The number of alkyl halides is 1. The minimum Gasteiger partial charge on any atom is -0.321 e. The molecule has 0 saturated heterocycles. The van der Waals surface area contributed by atoms with E-state index >= 15 is 0 Å². The molecule has 0 aliphatic heterocycles. The van der Waals surface area contributed by atoms with Gasteiger partial charge in [0.25, 0.3) is 5.91 Å². The molecule has 2 aromatic rings. The monoisotopic (exact) mass is 337 g/mol. The van der Waals surface area contributed by atoms with Gasteiger partial charge in [-0.15, -0.1) is 0 Å². The predicted molar refractivity (Wildman–Crippen MR) is 83.2 cm³/mol. The molecular weight excluding hydrogens is 326 g/mol. The normalized spacial score (nSPS) is 10.3. The third-order valence-corrected chi connectivity index (χ3v) is 3.69. The second-order valence-electron chi connectivity index (χ2n) is 4.27. The predicted octanol–water partition coefficient (Wildman–Crippen LogP) is 4.80. The maximum absolute atomic E-state index is 12.2. The zero-order valence-corrected chi connectivity index (χ0v) is 12.8. The summed E-state index contributed by atoms with van der Waals surface area (Å²) in [7, 11) is 0. The van der Waals surface area contributed by atoms with Gasteiger partial charge in [0.05, 0.1) is 10.7 Å². The largest absolute Gasteiger partial charge is 0.321 e. The molecule has 19 heavy (non-hydrogen) atoms. The molecule has 0 heterocycles. The molecular formula is C15H13BrClNO. The molecule has 1 amide bonds. The average Bonchev–Trinajstić information content (AvgIpc) is 2.43. The summed E-state index contributed by atoms with van der Waals surface area (Å²) in [6, 6.07) is 13.0. The van der Waals surface area contributed by atoms with Crippen LogP contribution in [0.1, 0.15) is 21.5 Å². The zero-order valence-electron chi connectivity index (χ0n) is 10.4. The van der Waals surface area contributed by atoms with Crippen LogP contribution in [0.2, 0.25) is 5.02 Å². The van der Waals surface area contributed by atoms with Gasteiger partial charge in [0, 0.05) is 10.9 Å². The summed E-state index contributed by atoms with van der Waals surface area (Å²) in [6.45, 7) is 1.96. The lowest BCUT2D eigenvalue weighted by molar-refractivity contribution is 0.102. The number of hydrogen-bond donors (Lipinski definition) is 1. The van der Waals surface area contributed by atoms with E-state index in [0.717, 1.165) is 16.5 Å². The minimum absolute atomic E-state index is 0.157.